The van der Waals surface area contributed by atoms with Gasteiger partial charge in [-0.3, -0.25) is 4.79 Å². The lowest BCUT2D eigenvalue weighted by molar-refractivity contribution is -0.116. The van der Waals surface area contributed by atoms with E-state index in [2.05, 4.69) is 35.8 Å². The normalized spacial score (nSPS) is 16.0. The maximum absolute atomic E-state index is 12.2. The first-order chi connectivity index (χ1) is 11.5. The third-order valence-electron chi connectivity index (χ3n) is 3.81. The van der Waals surface area contributed by atoms with Crippen LogP contribution in [0, 0.1) is 6.92 Å². The SMILES string of the molecule is Cc1cccc(CSCC2Nc3ccc(C(=O)O)cc3NC2=O)c1. The molecule has 1 atom stereocenters. The van der Waals surface area contributed by atoms with Crippen molar-refractivity contribution in [3.63, 3.8) is 0 Å². The van der Waals surface area contributed by atoms with Crippen molar-refractivity contribution in [2.75, 3.05) is 16.4 Å². The summed E-state index contributed by atoms with van der Waals surface area (Å²) in [6.45, 7) is 2.06. The van der Waals surface area contributed by atoms with Gasteiger partial charge in [0.05, 0.1) is 16.9 Å². The Balaban J connectivity index is 1.62. The second kappa shape index (κ2) is 6.97. The summed E-state index contributed by atoms with van der Waals surface area (Å²) in [6, 6.07) is 12.7. The summed E-state index contributed by atoms with van der Waals surface area (Å²) in [5.74, 6) is 0.336. The van der Waals surface area contributed by atoms with E-state index in [4.69, 9.17) is 5.11 Å². The minimum atomic E-state index is -1.01. The second-order valence-electron chi connectivity index (χ2n) is 5.76. The fraction of sp³-hybridized carbons (Fsp3) is 0.222. The summed E-state index contributed by atoms with van der Waals surface area (Å²) >= 11 is 1.69. The van der Waals surface area contributed by atoms with Gasteiger partial charge in [0.1, 0.15) is 6.04 Å². The Bertz CT molecular complexity index is 792. The molecule has 1 heterocycles. The molecule has 0 saturated carbocycles. The molecule has 6 heteroatoms. The maximum Gasteiger partial charge on any atom is 0.335 e. The van der Waals surface area contributed by atoms with Gasteiger partial charge in [0.25, 0.3) is 0 Å². The van der Waals surface area contributed by atoms with E-state index in [0.717, 1.165) is 11.4 Å². The molecule has 1 aliphatic heterocycles. The van der Waals surface area contributed by atoms with E-state index in [0.29, 0.717) is 11.4 Å². The Kier molecular flexibility index (Phi) is 4.76. The number of aryl methyl sites for hydroxylation is 1. The molecule has 0 saturated heterocycles. The van der Waals surface area contributed by atoms with Gasteiger partial charge in [0.2, 0.25) is 5.91 Å². The van der Waals surface area contributed by atoms with Crippen molar-refractivity contribution in [2.24, 2.45) is 0 Å². The lowest BCUT2D eigenvalue weighted by Gasteiger charge is -2.26. The number of anilines is 2. The Morgan fingerprint density at radius 1 is 1.21 bits per heavy atom. The van der Waals surface area contributed by atoms with Crippen LogP contribution in [0.15, 0.2) is 42.5 Å². The highest BCUT2D eigenvalue weighted by Crippen LogP contribution is 2.29. The number of aromatic carboxylic acids is 1. The molecule has 0 fully saturated rings. The number of carbonyl (C=O) groups excluding carboxylic acids is 1. The molecule has 24 heavy (non-hydrogen) atoms. The maximum atomic E-state index is 12.2. The van der Waals surface area contributed by atoms with Gasteiger partial charge in [0, 0.05) is 11.5 Å². The summed E-state index contributed by atoms with van der Waals surface area (Å²) in [4.78, 5) is 23.2. The zero-order valence-corrected chi connectivity index (χ0v) is 14.0. The average Bonchev–Trinajstić information content (AvgIpc) is 2.55. The number of rotatable bonds is 5. The number of carbonyl (C=O) groups is 2. The number of thioether (sulfide) groups is 1. The van der Waals surface area contributed by atoms with Gasteiger partial charge >= 0.3 is 5.97 Å². The summed E-state index contributed by atoms with van der Waals surface area (Å²) in [5.41, 5.74) is 3.89. The topological polar surface area (TPSA) is 78.4 Å². The third-order valence-corrected chi connectivity index (χ3v) is 4.91. The van der Waals surface area contributed by atoms with Gasteiger partial charge in [-0.05, 0) is 30.7 Å². The molecule has 0 bridgehead atoms. The summed E-state index contributed by atoms with van der Waals surface area (Å²) in [5, 5.41) is 15.0. The van der Waals surface area contributed by atoms with Crippen molar-refractivity contribution in [3.05, 3.63) is 59.2 Å². The van der Waals surface area contributed by atoms with E-state index in [1.807, 2.05) is 6.07 Å². The second-order valence-corrected chi connectivity index (χ2v) is 6.79. The zero-order chi connectivity index (χ0) is 17.1. The number of carboxylic acids is 1. The number of hydrogen-bond donors (Lipinski definition) is 3. The number of fused-ring (bicyclic) bond motifs is 1. The molecule has 2 aromatic rings. The molecule has 124 valence electrons. The highest BCUT2D eigenvalue weighted by Gasteiger charge is 2.25. The molecular weight excluding hydrogens is 324 g/mol. The Morgan fingerprint density at radius 3 is 2.79 bits per heavy atom. The number of benzene rings is 2. The van der Waals surface area contributed by atoms with E-state index in [9.17, 15) is 9.59 Å². The molecule has 1 unspecified atom stereocenters. The Labute approximate surface area is 144 Å². The lowest BCUT2D eigenvalue weighted by Crippen LogP contribution is -2.40. The lowest BCUT2D eigenvalue weighted by atomic mass is 10.1. The van der Waals surface area contributed by atoms with Crippen LogP contribution in [0.5, 0.6) is 0 Å². The molecule has 2 aromatic carbocycles. The van der Waals surface area contributed by atoms with E-state index >= 15 is 0 Å². The quantitative estimate of drug-likeness (QED) is 0.776. The molecule has 5 nitrogen and oxygen atoms in total. The minimum absolute atomic E-state index is 0.137. The van der Waals surface area contributed by atoms with Crippen molar-refractivity contribution in [1.82, 2.24) is 0 Å². The Morgan fingerprint density at radius 2 is 2.04 bits per heavy atom. The fourth-order valence-corrected chi connectivity index (χ4v) is 3.60. The van der Waals surface area contributed by atoms with Crippen molar-refractivity contribution >= 4 is 35.0 Å². The predicted molar refractivity (Wildman–Crippen MR) is 96.8 cm³/mol. The van der Waals surface area contributed by atoms with Crippen LogP contribution >= 0.6 is 11.8 Å². The van der Waals surface area contributed by atoms with Crippen LogP contribution in [0.4, 0.5) is 11.4 Å². The Hall–Kier alpha value is -2.47. The van der Waals surface area contributed by atoms with Crippen molar-refractivity contribution in [3.8, 4) is 0 Å². The number of hydrogen-bond acceptors (Lipinski definition) is 4. The molecule has 0 aliphatic carbocycles. The highest BCUT2D eigenvalue weighted by molar-refractivity contribution is 7.98. The first kappa shape index (κ1) is 16.4. The van der Waals surface area contributed by atoms with Gasteiger partial charge in [-0.1, -0.05) is 29.8 Å². The number of nitrogens with one attached hydrogen (secondary N) is 2. The molecule has 1 amide bonds. The van der Waals surface area contributed by atoms with Crippen LogP contribution in [0.1, 0.15) is 21.5 Å². The highest BCUT2D eigenvalue weighted by atomic mass is 32.2. The van der Waals surface area contributed by atoms with Gasteiger partial charge in [0.15, 0.2) is 0 Å². The van der Waals surface area contributed by atoms with E-state index in [1.54, 1.807) is 17.8 Å². The molecule has 3 N–H and O–H groups in total. The van der Waals surface area contributed by atoms with Crippen molar-refractivity contribution < 1.29 is 14.7 Å². The summed E-state index contributed by atoms with van der Waals surface area (Å²) in [7, 11) is 0. The van der Waals surface area contributed by atoms with Crippen LogP contribution in [0.3, 0.4) is 0 Å². The van der Waals surface area contributed by atoms with Gasteiger partial charge in [-0.25, -0.2) is 4.79 Å². The minimum Gasteiger partial charge on any atom is -0.478 e. The average molecular weight is 342 g/mol. The third kappa shape index (κ3) is 3.71. The van der Waals surface area contributed by atoms with Gasteiger partial charge < -0.3 is 15.7 Å². The summed E-state index contributed by atoms with van der Waals surface area (Å²) < 4.78 is 0. The van der Waals surface area contributed by atoms with Crippen LogP contribution in [-0.2, 0) is 10.5 Å². The first-order valence-corrected chi connectivity index (χ1v) is 8.76. The molecule has 0 spiro atoms. The zero-order valence-electron chi connectivity index (χ0n) is 13.2. The number of amides is 1. The van der Waals surface area contributed by atoms with Crippen LogP contribution in [-0.4, -0.2) is 28.8 Å². The van der Waals surface area contributed by atoms with Crippen LogP contribution in [0.2, 0.25) is 0 Å². The van der Waals surface area contributed by atoms with E-state index in [1.165, 1.54) is 23.3 Å². The fourth-order valence-electron chi connectivity index (χ4n) is 2.59. The number of carboxylic acid groups (broad SMARTS) is 1. The molecule has 1 aliphatic rings. The first-order valence-electron chi connectivity index (χ1n) is 7.61. The molecule has 0 aromatic heterocycles. The molecule has 3 rings (SSSR count). The van der Waals surface area contributed by atoms with Crippen LogP contribution in [0.25, 0.3) is 0 Å². The predicted octanol–water partition coefficient (Wildman–Crippen LogP) is 3.36. The van der Waals surface area contributed by atoms with Crippen LogP contribution < -0.4 is 10.6 Å². The van der Waals surface area contributed by atoms with Crippen molar-refractivity contribution in [2.45, 2.75) is 18.7 Å². The van der Waals surface area contributed by atoms with E-state index in [-0.39, 0.29) is 17.5 Å². The van der Waals surface area contributed by atoms with Crippen molar-refractivity contribution in [1.29, 1.82) is 0 Å². The van der Waals surface area contributed by atoms with Gasteiger partial charge in [-0.2, -0.15) is 11.8 Å². The largest absolute Gasteiger partial charge is 0.478 e. The smallest absolute Gasteiger partial charge is 0.335 e. The standard InChI is InChI=1S/C18H18N2O3S/c1-11-3-2-4-12(7-11)9-24-10-16-17(21)20-15-8-13(18(22)23)5-6-14(15)19-16/h2-8,16,19H,9-10H2,1H3,(H,20,21)(H,22,23). The van der Waals surface area contributed by atoms with E-state index < -0.39 is 5.97 Å². The summed E-state index contributed by atoms with van der Waals surface area (Å²) in [6.07, 6.45) is 0. The molecule has 0 radical (unpaired) electrons. The molecular formula is C18H18N2O3S. The van der Waals surface area contributed by atoms with Gasteiger partial charge in [-0.15, -0.1) is 0 Å². The monoisotopic (exact) mass is 342 g/mol.